The summed E-state index contributed by atoms with van der Waals surface area (Å²) < 4.78 is 40.1. The Morgan fingerprint density at radius 2 is 1.75 bits per heavy atom. The summed E-state index contributed by atoms with van der Waals surface area (Å²) in [6, 6.07) is 0. The molecule has 1 heterocycles. The van der Waals surface area contributed by atoms with Crippen molar-refractivity contribution >= 4 is 7.25 Å². The van der Waals surface area contributed by atoms with Crippen molar-refractivity contribution in [3.63, 3.8) is 0 Å². The topological polar surface area (TPSA) is 0 Å². The molecule has 0 spiro atoms. The Balaban J connectivity index is 0.000000385. The molecule has 0 aromatic rings. The van der Waals surface area contributed by atoms with E-state index in [4.69, 9.17) is 0 Å². The van der Waals surface area contributed by atoms with Gasteiger partial charge in [-0.05, 0) is 18.6 Å². The van der Waals surface area contributed by atoms with Crippen LogP contribution < -0.4 is 0 Å². The number of halogens is 4. The smallest absolute Gasteiger partial charge is 0.418 e. The summed E-state index contributed by atoms with van der Waals surface area (Å²) in [5, 5.41) is 0. The van der Waals surface area contributed by atoms with E-state index in [-0.39, 0.29) is 0 Å². The van der Waals surface area contributed by atoms with Gasteiger partial charge in [-0.3, -0.25) is 4.48 Å². The Bertz CT molecular complexity index is 244. The standard InChI is InChI=1S/C10H18N.BF4/c1-3-4-8-11(2)9-6-5-7-10-11;2-1(3,4)5/h5-7,9H,3-4,8,10H2,1-2H3;/q+1;-1. The van der Waals surface area contributed by atoms with Gasteiger partial charge in [0.2, 0.25) is 0 Å². The summed E-state index contributed by atoms with van der Waals surface area (Å²) in [5.74, 6) is 0. The Morgan fingerprint density at radius 3 is 2.12 bits per heavy atom. The first-order valence-corrected chi connectivity index (χ1v) is 5.33. The molecule has 16 heavy (non-hydrogen) atoms. The summed E-state index contributed by atoms with van der Waals surface area (Å²) in [4.78, 5) is 0. The van der Waals surface area contributed by atoms with Crippen LogP contribution in [0.2, 0.25) is 0 Å². The highest BCUT2D eigenvalue weighted by Crippen LogP contribution is 2.10. The Labute approximate surface area is 94.1 Å². The zero-order valence-corrected chi connectivity index (χ0v) is 9.67. The highest BCUT2D eigenvalue weighted by molar-refractivity contribution is 6.50. The molecule has 0 saturated heterocycles. The van der Waals surface area contributed by atoms with Gasteiger partial charge >= 0.3 is 7.25 Å². The first-order chi connectivity index (χ1) is 7.27. The molecule has 0 aliphatic carbocycles. The minimum absolute atomic E-state index is 1.09. The van der Waals surface area contributed by atoms with Crippen LogP contribution in [0.3, 0.4) is 0 Å². The lowest BCUT2D eigenvalue weighted by atomic mass is 10.2. The number of nitrogens with zero attached hydrogens (tertiary/aromatic N) is 1. The van der Waals surface area contributed by atoms with Crippen LogP contribution in [0.5, 0.6) is 0 Å². The van der Waals surface area contributed by atoms with Gasteiger partial charge in [-0.15, -0.1) is 0 Å². The maximum Gasteiger partial charge on any atom is 0.673 e. The summed E-state index contributed by atoms with van der Waals surface area (Å²) in [6.45, 7) is 4.68. The van der Waals surface area contributed by atoms with Crippen LogP contribution in [-0.4, -0.2) is 31.9 Å². The van der Waals surface area contributed by atoms with Crippen molar-refractivity contribution in [1.82, 2.24) is 0 Å². The van der Waals surface area contributed by atoms with E-state index in [9.17, 15) is 17.3 Å². The SMILES string of the molecule is CCCC[N+]1(C)C=CC=CC1.F[B-](F)(F)F. The van der Waals surface area contributed by atoms with Crippen LogP contribution in [0.25, 0.3) is 0 Å². The zero-order chi connectivity index (χ0) is 12.7. The first-order valence-electron chi connectivity index (χ1n) is 5.33. The molecule has 6 heteroatoms. The van der Waals surface area contributed by atoms with Crippen molar-refractivity contribution < 1.29 is 21.7 Å². The minimum atomic E-state index is -6.00. The number of unbranched alkanes of at least 4 members (excludes halogenated alkanes) is 1. The summed E-state index contributed by atoms with van der Waals surface area (Å²) in [7, 11) is -3.71. The van der Waals surface area contributed by atoms with E-state index in [1.807, 2.05) is 0 Å². The molecular formula is C10H18BF4N. The van der Waals surface area contributed by atoms with Crippen LogP contribution >= 0.6 is 0 Å². The fourth-order valence-corrected chi connectivity index (χ4v) is 1.38. The maximum atomic E-state index is 9.75. The van der Waals surface area contributed by atoms with E-state index in [1.165, 1.54) is 19.4 Å². The van der Waals surface area contributed by atoms with Crippen molar-refractivity contribution in [3.05, 3.63) is 24.4 Å². The van der Waals surface area contributed by atoms with E-state index in [0.29, 0.717) is 0 Å². The van der Waals surface area contributed by atoms with Gasteiger partial charge in [-0.1, -0.05) is 19.4 Å². The fourth-order valence-electron chi connectivity index (χ4n) is 1.38. The molecule has 94 valence electrons. The zero-order valence-electron chi connectivity index (χ0n) is 9.67. The van der Waals surface area contributed by atoms with Crippen LogP contribution in [0.15, 0.2) is 24.4 Å². The molecule has 1 aliphatic heterocycles. The Kier molecular flexibility index (Phi) is 6.41. The third kappa shape index (κ3) is 9.77. The molecule has 0 fully saturated rings. The van der Waals surface area contributed by atoms with Crippen molar-refractivity contribution in [1.29, 1.82) is 0 Å². The monoisotopic (exact) mass is 239 g/mol. The largest absolute Gasteiger partial charge is 0.673 e. The molecule has 0 radical (unpaired) electrons. The third-order valence-electron chi connectivity index (χ3n) is 2.24. The molecule has 0 aromatic heterocycles. The van der Waals surface area contributed by atoms with Gasteiger partial charge in [0, 0.05) is 0 Å². The van der Waals surface area contributed by atoms with Gasteiger partial charge in [0.05, 0.1) is 19.8 Å². The number of quaternary nitrogens is 1. The van der Waals surface area contributed by atoms with Crippen molar-refractivity contribution in [2.75, 3.05) is 20.1 Å². The highest BCUT2D eigenvalue weighted by Gasteiger charge is 2.20. The van der Waals surface area contributed by atoms with Gasteiger partial charge < -0.3 is 17.3 Å². The average molecular weight is 239 g/mol. The predicted octanol–water partition coefficient (Wildman–Crippen LogP) is 3.62. The van der Waals surface area contributed by atoms with Crippen LogP contribution in [0, 0.1) is 0 Å². The van der Waals surface area contributed by atoms with E-state index in [1.54, 1.807) is 0 Å². The quantitative estimate of drug-likeness (QED) is 0.401. The second kappa shape index (κ2) is 6.73. The molecule has 0 bridgehead atoms. The highest BCUT2D eigenvalue weighted by atomic mass is 19.5. The van der Waals surface area contributed by atoms with Crippen molar-refractivity contribution in [2.24, 2.45) is 0 Å². The third-order valence-corrected chi connectivity index (χ3v) is 2.24. The van der Waals surface area contributed by atoms with E-state index in [0.717, 1.165) is 11.0 Å². The molecule has 1 unspecified atom stereocenters. The van der Waals surface area contributed by atoms with Crippen molar-refractivity contribution in [2.45, 2.75) is 19.8 Å². The van der Waals surface area contributed by atoms with Crippen LogP contribution in [0.4, 0.5) is 17.3 Å². The first kappa shape index (κ1) is 15.2. The number of hydrogen-bond acceptors (Lipinski definition) is 0. The molecular weight excluding hydrogens is 221 g/mol. The van der Waals surface area contributed by atoms with Crippen molar-refractivity contribution in [3.8, 4) is 0 Å². The lowest BCUT2D eigenvalue weighted by Gasteiger charge is -2.30. The van der Waals surface area contributed by atoms with Crippen LogP contribution in [-0.2, 0) is 0 Å². The molecule has 1 rings (SSSR count). The summed E-state index contributed by atoms with van der Waals surface area (Å²) in [5.41, 5.74) is 0. The van der Waals surface area contributed by atoms with Gasteiger partial charge in [0.25, 0.3) is 0 Å². The fraction of sp³-hybridized carbons (Fsp3) is 0.600. The number of allylic oxidation sites excluding steroid dienone is 2. The number of hydrogen-bond donors (Lipinski definition) is 0. The molecule has 1 aliphatic rings. The summed E-state index contributed by atoms with van der Waals surface area (Å²) in [6.07, 6.45) is 11.4. The van der Waals surface area contributed by atoms with Crippen LogP contribution in [0.1, 0.15) is 19.8 Å². The van der Waals surface area contributed by atoms with Gasteiger partial charge in [-0.25, -0.2) is 0 Å². The van der Waals surface area contributed by atoms with E-state index in [2.05, 4.69) is 38.4 Å². The minimum Gasteiger partial charge on any atom is -0.418 e. The summed E-state index contributed by atoms with van der Waals surface area (Å²) >= 11 is 0. The van der Waals surface area contributed by atoms with E-state index >= 15 is 0 Å². The second-order valence-corrected chi connectivity index (χ2v) is 4.00. The molecule has 0 saturated carbocycles. The Morgan fingerprint density at radius 1 is 1.19 bits per heavy atom. The van der Waals surface area contributed by atoms with Gasteiger partial charge in [-0.2, -0.15) is 0 Å². The van der Waals surface area contributed by atoms with E-state index < -0.39 is 7.25 Å². The lowest BCUT2D eigenvalue weighted by Crippen LogP contribution is -2.40. The second-order valence-electron chi connectivity index (χ2n) is 4.00. The molecule has 0 aromatic carbocycles. The normalized spacial score (nSPS) is 23.9. The maximum absolute atomic E-state index is 9.75. The predicted molar refractivity (Wildman–Crippen MR) is 59.3 cm³/mol. The molecule has 0 N–H and O–H groups in total. The molecule has 1 atom stereocenters. The number of likely N-dealkylation sites (N-methyl/N-ethyl adjacent to an activating group) is 1. The Hall–Kier alpha value is -0.775. The number of rotatable bonds is 3. The molecule has 0 amide bonds. The molecule has 1 nitrogen and oxygen atoms in total. The van der Waals surface area contributed by atoms with Gasteiger partial charge in [0.1, 0.15) is 6.54 Å². The van der Waals surface area contributed by atoms with Gasteiger partial charge in [0.15, 0.2) is 0 Å². The average Bonchev–Trinajstić information content (AvgIpc) is 2.13. The lowest BCUT2D eigenvalue weighted by molar-refractivity contribution is -0.854.